The lowest BCUT2D eigenvalue weighted by molar-refractivity contribution is 0.158. The second kappa shape index (κ2) is 6.87. The predicted octanol–water partition coefficient (Wildman–Crippen LogP) is 2.06. The molecule has 0 saturated carbocycles. The molecule has 78 valence electrons. The van der Waals surface area contributed by atoms with Gasteiger partial charge in [-0.25, -0.2) is 0 Å². The molecule has 14 heavy (non-hydrogen) atoms. The summed E-state index contributed by atoms with van der Waals surface area (Å²) in [6.07, 6.45) is 0. The topological polar surface area (TPSA) is 35.2 Å². The molecule has 2 N–H and O–H groups in total. The highest BCUT2D eigenvalue weighted by molar-refractivity contribution is 7.99. The third-order valence-electron chi connectivity index (χ3n) is 1.84. The maximum atomic E-state index is 5.31. The van der Waals surface area contributed by atoms with Crippen LogP contribution in [0.15, 0.2) is 29.2 Å². The number of ether oxygens (including phenoxy) is 1. The molecule has 0 aliphatic carbocycles. The molecule has 0 aliphatic rings. The van der Waals surface area contributed by atoms with Gasteiger partial charge in [0.25, 0.3) is 0 Å². The summed E-state index contributed by atoms with van der Waals surface area (Å²) in [5.74, 6) is 0.991. The second-order valence-electron chi connectivity index (χ2n) is 3.02. The fourth-order valence-corrected chi connectivity index (χ4v) is 2.01. The van der Waals surface area contributed by atoms with Gasteiger partial charge in [-0.2, -0.15) is 0 Å². The zero-order valence-corrected chi connectivity index (χ0v) is 9.35. The van der Waals surface area contributed by atoms with E-state index < -0.39 is 0 Å². The first-order valence-electron chi connectivity index (χ1n) is 4.81. The van der Waals surface area contributed by atoms with Crippen molar-refractivity contribution in [2.75, 3.05) is 25.5 Å². The van der Waals surface area contributed by atoms with Gasteiger partial charge in [0.1, 0.15) is 0 Å². The first-order valence-corrected chi connectivity index (χ1v) is 5.79. The maximum absolute atomic E-state index is 5.31. The Morgan fingerprint density at radius 3 is 2.79 bits per heavy atom. The van der Waals surface area contributed by atoms with Crippen LogP contribution in [0.5, 0.6) is 0 Å². The van der Waals surface area contributed by atoms with E-state index in [0.29, 0.717) is 13.2 Å². The lowest BCUT2D eigenvalue weighted by Gasteiger charge is -2.05. The van der Waals surface area contributed by atoms with Crippen LogP contribution in [0.2, 0.25) is 0 Å². The molecule has 0 aromatic heterocycles. The molecule has 1 aromatic rings. The van der Waals surface area contributed by atoms with Gasteiger partial charge < -0.3 is 10.5 Å². The van der Waals surface area contributed by atoms with Crippen molar-refractivity contribution in [2.24, 2.45) is 5.73 Å². The van der Waals surface area contributed by atoms with Crippen molar-refractivity contribution in [1.29, 1.82) is 0 Å². The molecule has 0 heterocycles. The summed E-state index contributed by atoms with van der Waals surface area (Å²) >= 11 is 1.83. The molecule has 0 bridgehead atoms. The minimum atomic E-state index is 0.606. The predicted molar refractivity (Wildman–Crippen MR) is 61.8 cm³/mol. The first kappa shape index (κ1) is 11.6. The molecule has 0 unspecified atom stereocenters. The molecule has 2 nitrogen and oxygen atoms in total. The molecule has 0 atom stereocenters. The van der Waals surface area contributed by atoms with Crippen LogP contribution in [0.3, 0.4) is 0 Å². The molecule has 0 amide bonds. The van der Waals surface area contributed by atoms with E-state index in [1.807, 2.05) is 11.8 Å². The Morgan fingerprint density at radius 2 is 2.07 bits per heavy atom. The third-order valence-corrected chi connectivity index (χ3v) is 2.98. The molecule has 0 fully saturated rings. The monoisotopic (exact) mass is 211 g/mol. The van der Waals surface area contributed by atoms with Crippen LogP contribution in [0.25, 0.3) is 0 Å². The minimum Gasteiger partial charge on any atom is -0.379 e. The molecule has 0 saturated heterocycles. The van der Waals surface area contributed by atoms with Gasteiger partial charge in [0, 0.05) is 17.2 Å². The largest absolute Gasteiger partial charge is 0.379 e. The second-order valence-corrected chi connectivity index (χ2v) is 4.15. The van der Waals surface area contributed by atoms with E-state index in [9.17, 15) is 0 Å². The molecule has 3 heteroatoms. The fraction of sp³-hybridized carbons (Fsp3) is 0.455. The normalized spacial score (nSPS) is 10.4. The molecular formula is C11H17NOS. The van der Waals surface area contributed by atoms with Gasteiger partial charge in [-0.1, -0.05) is 18.2 Å². The van der Waals surface area contributed by atoms with Crippen LogP contribution in [-0.2, 0) is 4.74 Å². The molecule has 0 spiro atoms. The number of aryl methyl sites for hydroxylation is 1. The lowest BCUT2D eigenvalue weighted by atomic mass is 10.2. The van der Waals surface area contributed by atoms with Crippen LogP contribution >= 0.6 is 11.8 Å². The highest BCUT2D eigenvalue weighted by atomic mass is 32.2. The highest BCUT2D eigenvalue weighted by Gasteiger charge is 1.96. The Labute approximate surface area is 89.8 Å². The average Bonchev–Trinajstić information content (AvgIpc) is 2.20. The Morgan fingerprint density at radius 1 is 1.29 bits per heavy atom. The van der Waals surface area contributed by atoms with E-state index in [1.165, 1.54) is 10.5 Å². The summed E-state index contributed by atoms with van der Waals surface area (Å²) in [5.41, 5.74) is 6.64. The minimum absolute atomic E-state index is 0.606. The fourth-order valence-electron chi connectivity index (χ4n) is 1.11. The third kappa shape index (κ3) is 4.13. The highest BCUT2D eigenvalue weighted by Crippen LogP contribution is 2.21. The van der Waals surface area contributed by atoms with Crippen molar-refractivity contribution in [3.63, 3.8) is 0 Å². The van der Waals surface area contributed by atoms with Gasteiger partial charge in [0.05, 0.1) is 13.2 Å². The van der Waals surface area contributed by atoms with Crippen molar-refractivity contribution < 1.29 is 4.74 Å². The van der Waals surface area contributed by atoms with Crippen LogP contribution in [0.1, 0.15) is 5.56 Å². The summed E-state index contributed by atoms with van der Waals surface area (Å²) in [6, 6.07) is 8.40. The number of hydrogen-bond donors (Lipinski definition) is 1. The average molecular weight is 211 g/mol. The van der Waals surface area contributed by atoms with Crippen molar-refractivity contribution >= 4 is 11.8 Å². The lowest BCUT2D eigenvalue weighted by Crippen LogP contribution is -2.09. The zero-order chi connectivity index (χ0) is 10.2. The Kier molecular flexibility index (Phi) is 5.68. The summed E-state index contributed by atoms with van der Waals surface area (Å²) in [4.78, 5) is 1.34. The van der Waals surface area contributed by atoms with Crippen LogP contribution < -0.4 is 5.73 Å². The van der Waals surface area contributed by atoms with Gasteiger partial charge in [0.2, 0.25) is 0 Å². The molecular weight excluding hydrogens is 194 g/mol. The molecule has 0 aliphatic heterocycles. The smallest absolute Gasteiger partial charge is 0.0589 e. The van der Waals surface area contributed by atoms with E-state index >= 15 is 0 Å². The summed E-state index contributed by atoms with van der Waals surface area (Å²) in [6.45, 7) is 4.17. The van der Waals surface area contributed by atoms with Crippen LogP contribution in [-0.4, -0.2) is 25.5 Å². The first-order chi connectivity index (χ1) is 6.84. The van der Waals surface area contributed by atoms with Crippen LogP contribution in [0, 0.1) is 6.92 Å². The zero-order valence-electron chi connectivity index (χ0n) is 8.53. The van der Waals surface area contributed by atoms with E-state index in [0.717, 1.165) is 12.4 Å². The van der Waals surface area contributed by atoms with Gasteiger partial charge >= 0.3 is 0 Å². The molecule has 1 aromatic carbocycles. The van der Waals surface area contributed by atoms with Crippen molar-refractivity contribution in [2.45, 2.75) is 11.8 Å². The Hall–Kier alpha value is -0.510. The van der Waals surface area contributed by atoms with Crippen molar-refractivity contribution in [3.05, 3.63) is 29.8 Å². The van der Waals surface area contributed by atoms with Gasteiger partial charge in [-0.05, 0) is 18.6 Å². The van der Waals surface area contributed by atoms with E-state index in [-0.39, 0.29) is 0 Å². The van der Waals surface area contributed by atoms with Crippen molar-refractivity contribution in [1.82, 2.24) is 0 Å². The van der Waals surface area contributed by atoms with Gasteiger partial charge in [-0.3, -0.25) is 0 Å². The maximum Gasteiger partial charge on any atom is 0.0589 e. The summed E-state index contributed by atoms with van der Waals surface area (Å²) in [5, 5.41) is 0. The standard InChI is InChI=1S/C11H17NOS/c1-10-4-2-3-5-11(10)14-9-8-13-7-6-12/h2-5H,6-9,12H2,1H3. The van der Waals surface area contributed by atoms with E-state index in [4.69, 9.17) is 10.5 Å². The van der Waals surface area contributed by atoms with Gasteiger partial charge in [0.15, 0.2) is 0 Å². The number of hydrogen-bond acceptors (Lipinski definition) is 3. The SMILES string of the molecule is Cc1ccccc1SCCOCCN. The number of thioether (sulfide) groups is 1. The van der Waals surface area contributed by atoms with Crippen molar-refractivity contribution in [3.8, 4) is 0 Å². The Bertz CT molecular complexity index is 265. The van der Waals surface area contributed by atoms with E-state index in [1.54, 1.807) is 0 Å². The number of rotatable bonds is 6. The summed E-state index contributed by atoms with van der Waals surface area (Å²) < 4.78 is 5.30. The van der Waals surface area contributed by atoms with Gasteiger partial charge in [-0.15, -0.1) is 11.8 Å². The quantitative estimate of drug-likeness (QED) is 0.578. The number of benzene rings is 1. The van der Waals surface area contributed by atoms with Crippen LogP contribution in [0.4, 0.5) is 0 Å². The molecule has 1 rings (SSSR count). The summed E-state index contributed by atoms with van der Waals surface area (Å²) in [7, 11) is 0. The number of nitrogens with two attached hydrogens (primary N) is 1. The van der Waals surface area contributed by atoms with E-state index in [2.05, 4.69) is 31.2 Å². The molecule has 0 radical (unpaired) electrons. The Balaban J connectivity index is 2.21.